The fraction of sp³-hybridized carbons (Fsp3) is 0.929. The number of nitrogens with one attached hydrogen (secondary N) is 1. The van der Waals surface area contributed by atoms with E-state index in [0.717, 1.165) is 38.5 Å². The number of hydrogen-bond donors (Lipinski definition) is 1. The molecule has 20 heavy (non-hydrogen) atoms. The molecule has 2 atom stereocenters. The highest BCUT2D eigenvalue weighted by Gasteiger charge is 2.54. The van der Waals surface area contributed by atoms with Gasteiger partial charge < -0.3 is 4.90 Å². The Morgan fingerprint density at radius 2 is 2.00 bits per heavy atom. The molecule has 0 bridgehead atoms. The molecule has 3 rings (SSSR count). The van der Waals surface area contributed by atoms with Gasteiger partial charge in [0.2, 0.25) is 5.91 Å². The lowest BCUT2D eigenvalue weighted by molar-refractivity contribution is -0.135. The van der Waals surface area contributed by atoms with Crippen molar-refractivity contribution in [3.05, 3.63) is 0 Å². The second kappa shape index (κ2) is 4.98. The summed E-state index contributed by atoms with van der Waals surface area (Å²) in [6.45, 7) is 2.06. The molecule has 114 valence electrons. The molecule has 3 fully saturated rings. The van der Waals surface area contributed by atoms with E-state index in [-0.39, 0.29) is 35.2 Å². The van der Waals surface area contributed by atoms with Crippen LogP contribution in [0.15, 0.2) is 0 Å². The van der Waals surface area contributed by atoms with Gasteiger partial charge in [0, 0.05) is 6.04 Å². The number of nitrogens with zero attached hydrogens (tertiary/aromatic N) is 1. The summed E-state index contributed by atoms with van der Waals surface area (Å²) in [6, 6.07) is -0.126. The summed E-state index contributed by atoms with van der Waals surface area (Å²) in [7, 11) is -2.98. The molecule has 2 heterocycles. The van der Waals surface area contributed by atoms with Crippen molar-refractivity contribution in [3.63, 3.8) is 0 Å². The van der Waals surface area contributed by atoms with Gasteiger partial charge in [-0.15, -0.1) is 0 Å². The third kappa shape index (κ3) is 2.26. The maximum atomic E-state index is 12.9. The molecule has 0 radical (unpaired) electrons. The first kappa shape index (κ1) is 14.3. The SMILES string of the molecule is CCC1NC2(CCCC2)C(=O)N1C1CCCS(=O)(=O)C1. The molecule has 2 saturated heterocycles. The molecule has 1 spiro atoms. The molecule has 1 aliphatic carbocycles. The maximum absolute atomic E-state index is 12.9. The molecule has 0 aromatic heterocycles. The van der Waals surface area contributed by atoms with Gasteiger partial charge in [0.1, 0.15) is 0 Å². The minimum absolute atomic E-state index is 0.0129. The fourth-order valence-corrected chi connectivity index (χ4v) is 5.80. The Morgan fingerprint density at radius 3 is 2.60 bits per heavy atom. The largest absolute Gasteiger partial charge is 0.322 e. The first-order valence-corrected chi connectivity index (χ1v) is 9.60. The quantitative estimate of drug-likeness (QED) is 0.827. The molecular formula is C14H24N2O3S. The average molecular weight is 300 g/mol. The van der Waals surface area contributed by atoms with Crippen molar-refractivity contribution >= 4 is 15.7 Å². The zero-order valence-corrected chi connectivity index (χ0v) is 12.9. The molecule has 0 aromatic carbocycles. The number of hydrogen-bond acceptors (Lipinski definition) is 4. The Hall–Kier alpha value is -0.620. The van der Waals surface area contributed by atoms with Gasteiger partial charge in [0.05, 0.1) is 23.2 Å². The summed E-state index contributed by atoms with van der Waals surface area (Å²) >= 11 is 0. The molecule has 2 aliphatic heterocycles. The standard InChI is InChI=1S/C14H24N2O3S/c1-2-12-15-14(7-3-4-8-14)13(17)16(12)11-6-5-9-20(18,19)10-11/h11-12,15H,2-10H2,1H3. The van der Waals surface area contributed by atoms with E-state index in [2.05, 4.69) is 12.2 Å². The first-order valence-electron chi connectivity index (χ1n) is 7.78. The highest BCUT2D eigenvalue weighted by molar-refractivity contribution is 7.91. The molecular weight excluding hydrogens is 276 g/mol. The third-order valence-corrected chi connectivity index (χ3v) is 6.90. The Bertz CT molecular complexity index is 497. The molecule has 1 amide bonds. The minimum Gasteiger partial charge on any atom is -0.322 e. The Morgan fingerprint density at radius 1 is 1.30 bits per heavy atom. The second-order valence-electron chi connectivity index (χ2n) is 6.48. The Kier molecular flexibility index (Phi) is 3.57. The fourth-order valence-electron chi connectivity index (χ4n) is 4.11. The van der Waals surface area contributed by atoms with Crippen molar-refractivity contribution in [3.8, 4) is 0 Å². The predicted octanol–water partition coefficient (Wildman–Crippen LogP) is 1.04. The minimum atomic E-state index is -2.98. The van der Waals surface area contributed by atoms with Crippen molar-refractivity contribution in [2.24, 2.45) is 0 Å². The van der Waals surface area contributed by atoms with E-state index in [1.807, 2.05) is 4.90 Å². The van der Waals surface area contributed by atoms with E-state index in [9.17, 15) is 13.2 Å². The monoisotopic (exact) mass is 300 g/mol. The smallest absolute Gasteiger partial charge is 0.244 e. The van der Waals surface area contributed by atoms with Crippen LogP contribution in [0.25, 0.3) is 0 Å². The normalized spacial score (nSPS) is 35.9. The second-order valence-corrected chi connectivity index (χ2v) is 8.71. The van der Waals surface area contributed by atoms with Crippen LogP contribution < -0.4 is 5.32 Å². The number of rotatable bonds is 2. The van der Waals surface area contributed by atoms with Gasteiger partial charge in [0.25, 0.3) is 0 Å². The summed E-state index contributed by atoms with van der Waals surface area (Å²) in [5.41, 5.74) is -0.387. The Balaban J connectivity index is 1.85. The van der Waals surface area contributed by atoms with Crippen LogP contribution in [-0.2, 0) is 14.6 Å². The van der Waals surface area contributed by atoms with E-state index >= 15 is 0 Å². The molecule has 6 heteroatoms. The topological polar surface area (TPSA) is 66.5 Å². The summed E-state index contributed by atoms with van der Waals surface area (Å²) in [4.78, 5) is 14.8. The van der Waals surface area contributed by atoms with E-state index in [1.54, 1.807) is 0 Å². The van der Waals surface area contributed by atoms with Gasteiger partial charge in [-0.3, -0.25) is 10.1 Å². The van der Waals surface area contributed by atoms with E-state index in [0.29, 0.717) is 6.42 Å². The highest BCUT2D eigenvalue weighted by Crippen LogP contribution is 2.39. The van der Waals surface area contributed by atoms with Crippen LogP contribution in [0.5, 0.6) is 0 Å². The van der Waals surface area contributed by atoms with Crippen molar-refractivity contribution in [2.75, 3.05) is 11.5 Å². The zero-order valence-electron chi connectivity index (χ0n) is 12.1. The van der Waals surface area contributed by atoms with Gasteiger partial charge in [0.15, 0.2) is 9.84 Å². The van der Waals surface area contributed by atoms with Gasteiger partial charge in [-0.25, -0.2) is 8.42 Å². The van der Waals surface area contributed by atoms with Crippen LogP contribution in [0.4, 0.5) is 0 Å². The number of carbonyl (C=O) groups excluding carboxylic acids is 1. The van der Waals surface area contributed by atoms with Gasteiger partial charge in [-0.05, 0) is 32.1 Å². The molecule has 3 aliphatic rings. The van der Waals surface area contributed by atoms with Crippen LogP contribution >= 0.6 is 0 Å². The van der Waals surface area contributed by atoms with Crippen LogP contribution in [0.2, 0.25) is 0 Å². The molecule has 5 nitrogen and oxygen atoms in total. The van der Waals surface area contributed by atoms with E-state index in [1.165, 1.54) is 0 Å². The zero-order chi connectivity index (χ0) is 14.4. The summed E-state index contributed by atoms with van der Waals surface area (Å²) in [5, 5.41) is 3.52. The average Bonchev–Trinajstić information content (AvgIpc) is 2.96. The lowest BCUT2D eigenvalue weighted by Gasteiger charge is -2.34. The van der Waals surface area contributed by atoms with E-state index in [4.69, 9.17) is 0 Å². The summed E-state index contributed by atoms with van der Waals surface area (Å²) < 4.78 is 23.7. The van der Waals surface area contributed by atoms with Gasteiger partial charge >= 0.3 is 0 Å². The van der Waals surface area contributed by atoms with E-state index < -0.39 is 9.84 Å². The van der Waals surface area contributed by atoms with Crippen molar-refractivity contribution < 1.29 is 13.2 Å². The number of carbonyl (C=O) groups is 1. The van der Waals surface area contributed by atoms with Crippen LogP contribution in [0.1, 0.15) is 51.9 Å². The van der Waals surface area contributed by atoms with Crippen LogP contribution in [0.3, 0.4) is 0 Å². The maximum Gasteiger partial charge on any atom is 0.244 e. The predicted molar refractivity (Wildman–Crippen MR) is 76.9 cm³/mol. The number of sulfone groups is 1. The summed E-state index contributed by atoms with van der Waals surface area (Å²) in [5.74, 6) is 0.581. The lowest BCUT2D eigenvalue weighted by Crippen LogP contribution is -2.50. The van der Waals surface area contributed by atoms with Gasteiger partial charge in [-0.1, -0.05) is 19.8 Å². The van der Waals surface area contributed by atoms with Gasteiger partial charge in [-0.2, -0.15) is 0 Å². The van der Waals surface area contributed by atoms with Crippen molar-refractivity contribution in [1.29, 1.82) is 0 Å². The first-order chi connectivity index (χ1) is 9.47. The lowest BCUT2D eigenvalue weighted by atomic mass is 9.97. The number of amides is 1. The summed E-state index contributed by atoms with van der Waals surface area (Å²) in [6.07, 6.45) is 6.33. The van der Waals surface area contributed by atoms with Crippen molar-refractivity contribution in [2.45, 2.75) is 69.6 Å². The molecule has 1 saturated carbocycles. The molecule has 1 N–H and O–H groups in total. The third-order valence-electron chi connectivity index (χ3n) is 5.10. The van der Waals surface area contributed by atoms with Crippen LogP contribution in [0, 0.1) is 0 Å². The molecule has 0 aromatic rings. The molecule has 2 unspecified atom stereocenters. The highest BCUT2D eigenvalue weighted by atomic mass is 32.2. The van der Waals surface area contributed by atoms with Crippen LogP contribution in [-0.4, -0.2) is 48.5 Å². The van der Waals surface area contributed by atoms with Crippen molar-refractivity contribution in [1.82, 2.24) is 10.2 Å². The Labute approximate surface area is 121 Å².